The van der Waals surface area contributed by atoms with E-state index in [-0.39, 0.29) is 5.60 Å². The Kier molecular flexibility index (Phi) is 8.10. The maximum Gasteiger partial charge on any atom is 0.0966 e. The van der Waals surface area contributed by atoms with Gasteiger partial charge in [-0.1, -0.05) is 39.6 Å². The van der Waals surface area contributed by atoms with E-state index in [0.29, 0.717) is 0 Å². The number of likely N-dealkylation sites (tertiary alicyclic amines) is 1. The van der Waals surface area contributed by atoms with Crippen LogP contribution < -0.4 is 4.72 Å². The highest BCUT2D eigenvalue weighted by atomic mass is 32.2. The molecule has 154 valence electrons. The first-order valence-corrected chi connectivity index (χ1v) is 12.9. The molecule has 0 radical (unpaired) electrons. The van der Waals surface area contributed by atoms with Crippen molar-refractivity contribution >= 4 is 23.3 Å². The summed E-state index contributed by atoms with van der Waals surface area (Å²) in [4.78, 5) is 5.84. The molecule has 2 fully saturated rings. The second-order valence-electron chi connectivity index (χ2n) is 7.88. The summed E-state index contributed by atoms with van der Waals surface area (Å²) in [6.07, 6.45) is 7.37. The van der Waals surface area contributed by atoms with Gasteiger partial charge in [0.25, 0.3) is 0 Å². The number of aryl methyl sites for hydroxylation is 1. The minimum Gasteiger partial charge on any atom is -0.370 e. The van der Waals surface area contributed by atoms with Crippen molar-refractivity contribution in [3.8, 4) is 0 Å². The Hall–Kier alpha value is -0.0700. The predicted octanol–water partition coefficient (Wildman–Crippen LogP) is 5.24. The molecule has 27 heavy (non-hydrogen) atoms. The standard InChI is InChI=1S/C20H32N2OS2.C2H6/c1-3-17-13-18-19(25-17)5-10-23-20(18)6-8-22(9-7-20)14-15-11-16(12-15)21-24-4-2;1-2/h13,15-16,21H,3-12,14H2,1-2H3;1-2H3. The lowest BCUT2D eigenvalue weighted by molar-refractivity contribution is -0.0995. The molecule has 0 aromatic carbocycles. The van der Waals surface area contributed by atoms with Gasteiger partial charge in [-0.15, -0.1) is 11.3 Å². The van der Waals surface area contributed by atoms with Crippen molar-refractivity contribution in [2.75, 3.05) is 32.0 Å². The molecular weight excluding hydrogens is 372 g/mol. The molecule has 1 N–H and O–H groups in total. The summed E-state index contributed by atoms with van der Waals surface area (Å²) in [6, 6.07) is 3.22. The lowest BCUT2D eigenvalue weighted by Gasteiger charge is -2.46. The Labute approximate surface area is 174 Å². The largest absolute Gasteiger partial charge is 0.370 e. The molecule has 0 atom stereocenters. The van der Waals surface area contributed by atoms with E-state index in [1.165, 1.54) is 55.9 Å². The third kappa shape index (κ3) is 4.92. The van der Waals surface area contributed by atoms with Crippen molar-refractivity contribution in [3.63, 3.8) is 0 Å². The summed E-state index contributed by atoms with van der Waals surface area (Å²) in [5.41, 5.74) is 1.58. The Balaban J connectivity index is 0.00000102. The van der Waals surface area contributed by atoms with Gasteiger partial charge in [-0.2, -0.15) is 0 Å². The van der Waals surface area contributed by atoms with Gasteiger partial charge in [-0.3, -0.25) is 4.72 Å². The van der Waals surface area contributed by atoms with Gasteiger partial charge in [0.15, 0.2) is 0 Å². The maximum atomic E-state index is 6.41. The summed E-state index contributed by atoms with van der Waals surface area (Å²) in [5.74, 6) is 2.07. The van der Waals surface area contributed by atoms with E-state index < -0.39 is 0 Å². The van der Waals surface area contributed by atoms with Crippen molar-refractivity contribution in [2.24, 2.45) is 5.92 Å². The second kappa shape index (κ2) is 10.1. The zero-order valence-electron chi connectivity index (χ0n) is 17.7. The van der Waals surface area contributed by atoms with Gasteiger partial charge in [-0.05, 0) is 49.7 Å². The van der Waals surface area contributed by atoms with Crippen molar-refractivity contribution in [1.82, 2.24) is 9.62 Å². The molecule has 1 spiro atoms. The fourth-order valence-electron chi connectivity index (χ4n) is 4.70. The van der Waals surface area contributed by atoms with Crippen LogP contribution in [0.1, 0.15) is 68.7 Å². The number of nitrogens with one attached hydrogen (secondary N) is 1. The third-order valence-electron chi connectivity index (χ3n) is 6.22. The molecule has 4 rings (SSSR count). The van der Waals surface area contributed by atoms with Crippen molar-refractivity contribution in [1.29, 1.82) is 0 Å². The van der Waals surface area contributed by atoms with E-state index in [1.54, 1.807) is 10.4 Å². The van der Waals surface area contributed by atoms with Gasteiger partial charge >= 0.3 is 0 Å². The Bertz CT molecular complexity index is 575. The molecule has 0 unspecified atom stereocenters. The number of fused-ring (bicyclic) bond motifs is 2. The number of piperidine rings is 1. The van der Waals surface area contributed by atoms with Crippen LogP contribution in [0.25, 0.3) is 0 Å². The fourth-order valence-corrected chi connectivity index (χ4v) is 6.48. The highest BCUT2D eigenvalue weighted by Gasteiger charge is 2.42. The van der Waals surface area contributed by atoms with E-state index in [2.05, 4.69) is 29.5 Å². The first-order chi connectivity index (χ1) is 13.2. The zero-order valence-corrected chi connectivity index (χ0v) is 19.3. The Morgan fingerprint density at radius 2 is 2.00 bits per heavy atom. The summed E-state index contributed by atoms with van der Waals surface area (Å²) in [5, 5.41) is 0. The zero-order chi connectivity index (χ0) is 19.3. The minimum absolute atomic E-state index is 0.0372. The smallest absolute Gasteiger partial charge is 0.0966 e. The Morgan fingerprint density at radius 1 is 1.26 bits per heavy atom. The van der Waals surface area contributed by atoms with E-state index >= 15 is 0 Å². The van der Waals surface area contributed by atoms with Crippen molar-refractivity contribution in [2.45, 2.75) is 77.9 Å². The van der Waals surface area contributed by atoms with Crippen LogP contribution in [0.2, 0.25) is 0 Å². The van der Waals surface area contributed by atoms with Crippen LogP contribution >= 0.6 is 23.3 Å². The van der Waals surface area contributed by atoms with Crippen LogP contribution in [0.3, 0.4) is 0 Å². The van der Waals surface area contributed by atoms with Crippen LogP contribution in [0.15, 0.2) is 6.07 Å². The summed E-state index contributed by atoms with van der Waals surface area (Å²) < 4.78 is 9.99. The lowest BCUT2D eigenvalue weighted by atomic mass is 9.78. The van der Waals surface area contributed by atoms with E-state index in [0.717, 1.165) is 31.4 Å². The third-order valence-corrected chi connectivity index (χ3v) is 8.34. The molecule has 1 saturated carbocycles. The first kappa shape index (κ1) is 21.6. The Morgan fingerprint density at radius 3 is 2.67 bits per heavy atom. The second-order valence-corrected chi connectivity index (χ2v) is 10.2. The molecule has 3 heterocycles. The number of hydrogen-bond acceptors (Lipinski definition) is 5. The van der Waals surface area contributed by atoms with Gasteiger partial charge in [-0.25, -0.2) is 0 Å². The normalized spacial score (nSPS) is 26.8. The van der Waals surface area contributed by atoms with Crippen LogP contribution in [-0.2, 0) is 23.2 Å². The number of nitrogens with zero attached hydrogens (tertiary/aromatic N) is 1. The van der Waals surface area contributed by atoms with E-state index in [1.807, 2.05) is 37.1 Å². The molecule has 0 amide bonds. The maximum absolute atomic E-state index is 6.41. The molecule has 5 heteroatoms. The number of hydrogen-bond donors (Lipinski definition) is 1. The summed E-state index contributed by atoms with van der Waals surface area (Å²) in [6.45, 7) is 13.1. The molecule has 1 aliphatic carbocycles. The van der Waals surface area contributed by atoms with Crippen LogP contribution in [0.5, 0.6) is 0 Å². The van der Waals surface area contributed by atoms with Gasteiger partial charge in [0, 0.05) is 47.6 Å². The number of ether oxygens (including phenoxy) is 1. The van der Waals surface area contributed by atoms with E-state index in [4.69, 9.17) is 4.74 Å². The molecule has 3 aliphatic rings. The monoisotopic (exact) mass is 410 g/mol. The topological polar surface area (TPSA) is 24.5 Å². The lowest BCUT2D eigenvalue weighted by Crippen LogP contribution is -2.49. The molecule has 0 bridgehead atoms. The predicted molar refractivity (Wildman–Crippen MR) is 120 cm³/mol. The average Bonchev–Trinajstić information content (AvgIpc) is 3.12. The van der Waals surface area contributed by atoms with E-state index in [9.17, 15) is 0 Å². The van der Waals surface area contributed by atoms with Gasteiger partial charge in [0.2, 0.25) is 0 Å². The molecule has 1 aromatic rings. The van der Waals surface area contributed by atoms with Gasteiger partial charge < -0.3 is 9.64 Å². The van der Waals surface area contributed by atoms with Crippen LogP contribution in [0.4, 0.5) is 0 Å². The SMILES string of the molecule is CC.CCSNC1CC(CN2CCC3(CC2)OCCc2sc(CC)cc23)C1. The average molecular weight is 411 g/mol. The molecule has 3 nitrogen and oxygen atoms in total. The van der Waals surface area contributed by atoms with Crippen LogP contribution in [0, 0.1) is 5.92 Å². The highest BCUT2D eigenvalue weighted by Crippen LogP contribution is 2.45. The number of rotatable bonds is 6. The fraction of sp³-hybridized carbons (Fsp3) is 0.818. The first-order valence-electron chi connectivity index (χ1n) is 11.1. The number of thiophene rings is 1. The summed E-state index contributed by atoms with van der Waals surface area (Å²) in [7, 11) is 0. The molecular formula is C22H38N2OS2. The van der Waals surface area contributed by atoms with Crippen molar-refractivity contribution < 1.29 is 4.74 Å². The quantitative estimate of drug-likeness (QED) is 0.649. The van der Waals surface area contributed by atoms with Crippen LogP contribution in [-0.4, -0.2) is 42.9 Å². The summed E-state index contributed by atoms with van der Waals surface area (Å²) >= 11 is 3.90. The van der Waals surface area contributed by atoms with Gasteiger partial charge in [0.1, 0.15) is 0 Å². The molecule has 1 saturated heterocycles. The van der Waals surface area contributed by atoms with Crippen molar-refractivity contribution in [3.05, 3.63) is 21.4 Å². The highest BCUT2D eigenvalue weighted by molar-refractivity contribution is 7.97. The molecule has 2 aliphatic heterocycles. The van der Waals surface area contributed by atoms with Gasteiger partial charge in [0.05, 0.1) is 12.2 Å². The minimum atomic E-state index is 0.0372. The molecule has 1 aromatic heterocycles.